The first-order valence-corrected chi connectivity index (χ1v) is 3.90. The first kappa shape index (κ1) is 8.83. The van der Waals surface area contributed by atoms with Gasteiger partial charge in [0.05, 0.1) is 0 Å². The molecule has 3 N–H and O–H groups in total. The maximum Gasteiger partial charge on any atom is 0.317 e. The topological polar surface area (TPSA) is 77.0 Å². The van der Waals surface area contributed by atoms with Crippen molar-refractivity contribution in [1.29, 1.82) is 0 Å². The van der Waals surface area contributed by atoms with Crippen LogP contribution < -0.4 is 11.1 Å². The van der Waals surface area contributed by atoms with Crippen molar-refractivity contribution in [3.63, 3.8) is 0 Å². The second kappa shape index (κ2) is 3.00. The van der Waals surface area contributed by atoms with Gasteiger partial charge in [-0.25, -0.2) is 0 Å². The molecule has 0 atom stereocenters. The molecule has 5 nitrogen and oxygen atoms in total. The van der Waals surface area contributed by atoms with Crippen molar-refractivity contribution in [2.75, 3.05) is 11.1 Å². The number of aromatic nitrogens is 2. The zero-order chi connectivity index (χ0) is 9.19. The fourth-order valence-corrected chi connectivity index (χ4v) is 0.663. The fourth-order valence-electron chi connectivity index (χ4n) is 0.663. The summed E-state index contributed by atoms with van der Waals surface area (Å²) < 4.78 is 4.97. The molecule has 0 aromatic carbocycles. The molecule has 0 saturated heterocycles. The van der Waals surface area contributed by atoms with Crippen molar-refractivity contribution in [1.82, 2.24) is 10.2 Å². The third-order valence-corrected chi connectivity index (χ3v) is 1.77. The SMILES string of the molecule is CCC(C)(C)Nc1nnc(N)o1. The highest BCUT2D eigenvalue weighted by Gasteiger charge is 2.17. The largest absolute Gasteiger partial charge is 0.390 e. The number of hydrogen-bond donors (Lipinski definition) is 2. The van der Waals surface area contributed by atoms with Gasteiger partial charge in [0.1, 0.15) is 0 Å². The molecule has 68 valence electrons. The van der Waals surface area contributed by atoms with Gasteiger partial charge in [0.15, 0.2) is 0 Å². The third kappa shape index (κ3) is 2.11. The lowest BCUT2D eigenvalue weighted by molar-refractivity contribution is 0.502. The van der Waals surface area contributed by atoms with Crippen LogP contribution in [0.5, 0.6) is 0 Å². The number of nitrogen functional groups attached to an aromatic ring is 1. The summed E-state index contributed by atoms with van der Waals surface area (Å²) in [5.41, 5.74) is 5.22. The predicted octanol–water partition coefficient (Wildman–Crippen LogP) is 1.25. The molecule has 0 bridgehead atoms. The van der Waals surface area contributed by atoms with Crippen molar-refractivity contribution in [2.24, 2.45) is 0 Å². The van der Waals surface area contributed by atoms with Gasteiger partial charge >= 0.3 is 12.0 Å². The Balaban J connectivity index is 2.63. The standard InChI is InChI=1S/C7H14N4O/c1-4-7(2,3)9-6-11-10-5(8)12-6/h4H2,1-3H3,(H2,8,10)(H,9,11). The quantitative estimate of drug-likeness (QED) is 0.713. The van der Waals surface area contributed by atoms with Crippen LogP contribution in [0.1, 0.15) is 27.2 Å². The zero-order valence-electron chi connectivity index (χ0n) is 7.59. The minimum absolute atomic E-state index is 0.0427. The highest BCUT2D eigenvalue weighted by atomic mass is 16.4. The minimum Gasteiger partial charge on any atom is -0.390 e. The van der Waals surface area contributed by atoms with Gasteiger partial charge in [0.25, 0.3) is 0 Å². The smallest absolute Gasteiger partial charge is 0.317 e. The molecule has 1 rings (SSSR count). The van der Waals surface area contributed by atoms with Crippen LogP contribution in [0.2, 0.25) is 0 Å². The van der Waals surface area contributed by atoms with E-state index in [9.17, 15) is 0 Å². The summed E-state index contributed by atoms with van der Waals surface area (Å²) in [5, 5.41) is 10.3. The molecule has 0 spiro atoms. The lowest BCUT2D eigenvalue weighted by atomic mass is 10.0. The van der Waals surface area contributed by atoms with Crippen molar-refractivity contribution in [2.45, 2.75) is 32.7 Å². The number of nitrogens with zero attached hydrogens (tertiary/aromatic N) is 2. The van der Waals surface area contributed by atoms with E-state index in [1.165, 1.54) is 0 Å². The van der Waals surface area contributed by atoms with Crippen LogP contribution in [-0.2, 0) is 0 Å². The summed E-state index contributed by atoms with van der Waals surface area (Å²) in [7, 11) is 0. The second-order valence-corrected chi connectivity index (χ2v) is 3.31. The van der Waals surface area contributed by atoms with Crippen molar-refractivity contribution < 1.29 is 4.42 Å². The summed E-state index contributed by atoms with van der Waals surface area (Å²) >= 11 is 0. The summed E-state index contributed by atoms with van der Waals surface area (Å²) in [5.74, 6) is 0. The molecule has 1 aromatic heterocycles. The number of rotatable bonds is 3. The Bertz CT molecular complexity index is 256. The average molecular weight is 170 g/mol. The zero-order valence-corrected chi connectivity index (χ0v) is 7.59. The molecule has 0 fully saturated rings. The van der Waals surface area contributed by atoms with Crippen LogP contribution in [0, 0.1) is 0 Å². The Kier molecular flexibility index (Phi) is 2.21. The van der Waals surface area contributed by atoms with E-state index in [4.69, 9.17) is 10.2 Å². The first-order valence-electron chi connectivity index (χ1n) is 3.90. The van der Waals surface area contributed by atoms with E-state index >= 15 is 0 Å². The van der Waals surface area contributed by atoms with E-state index in [2.05, 4.69) is 22.4 Å². The maximum atomic E-state index is 5.26. The molecule has 1 aromatic rings. The normalized spacial score (nSPS) is 11.6. The maximum absolute atomic E-state index is 5.26. The Morgan fingerprint density at radius 2 is 2.17 bits per heavy atom. The van der Waals surface area contributed by atoms with Gasteiger partial charge in [-0.1, -0.05) is 17.1 Å². The van der Waals surface area contributed by atoms with Crippen LogP contribution in [0.25, 0.3) is 0 Å². The molecule has 0 unspecified atom stereocenters. The van der Waals surface area contributed by atoms with Crippen molar-refractivity contribution in [3.8, 4) is 0 Å². The molecular weight excluding hydrogens is 156 g/mol. The molecule has 0 radical (unpaired) electrons. The van der Waals surface area contributed by atoms with Crippen LogP contribution in [0.4, 0.5) is 12.0 Å². The number of nitrogens with one attached hydrogen (secondary N) is 1. The van der Waals surface area contributed by atoms with Gasteiger partial charge in [-0.15, -0.1) is 0 Å². The molecule has 0 aliphatic carbocycles. The monoisotopic (exact) mass is 170 g/mol. The summed E-state index contributed by atoms with van der Waals surface area (Å²) in [6.07, 6.45) is 0.968. The Hall–Kier alpha value is -1.26. The summed E-state index contributed by atoms with van der Waals surface area (Å²) in [6.45, 7) is 6.17. The molecule has 0 amide bonds. The Morgan fingerprint density at radius 1 is 1.50 bits per heavy atom. The van der Waals surface area contributed by atoms with Gasteiger partial charge in [0, 0.05) is 5.54 Å². The summed E-state index contributed by atoms with van der Waals surface area (Å²) in [6, 6.07) is 0.462. The van der Waals surface area contributed by atoms with E-state index in [-0.39, 0.29) is 11.6 Å². The van der Waals surface area contributed by atoms with Crippen molar-refractivity contribution in [3.05, 3.63) is 0 Å². The molecule has 5 heteroatoms. The van der Waals surface area contributed by atoms with Gasteiger partial charge in [-0.05, 0) is 20.3 Å². The molecular formula is C7H14N4O. The van der Waals surface area contributed by atoms with Crippen LogP contribution >= 0.6 is 0 Å². The van der Waals surface area contributed by atoms with E-state index in [0.29, 0.717) is 6.01 Å². The van der Waals surface area contributed by atoms with E-state index in [1.807, 2.05) is 13.8 Å². The van der Waals surface area contributed by atoms with E-state index < -0.39 is 0 Å². The lowest BCUT2D eigenvalue weighted by Crippen LogP contribution is -2.29. The Morgan fingerprint density at radius 3 is 2.58 bits per heavy atom. The van der Waals surface area contributed by atoms with Crippen molar-refractivity contribution >= 4 is 12.0 Å². The first-order chi connectivity index (χ1) is 5.53. The molecule has 0 saturated carbocycles. The number of anilines is 2. The minimum atomic E-state index is -0.0427. The Labute approximate surface area is 71.3 Å². The van der Waals surface area contributed by atoms with Gasteiger partial charge in [-0.3, -0.25) is 0 Å². The van der Waals surface area contributed by atoms with E-state index in [0.717, 1.165) is 6.42 Å². The van der Waals surface area contributed by atoms with Gasteiger partial charge in [0.2, 0.25) is 0 Å². The summed E-state index contributed by atoms with van der Waals surface area (Å²) in [4.78, 5) is 0. The van der Waals surface area contributed by atoms with Crippen LogP contribution in [0.15, 0.2) is 4.42 Å². The number of hydrogen-bond acceptors (Lipinski definition) is 5. The molecule has 1 heterocycles. The fraction of sp³-hybridized carbons (Fsp3) is 0.714. The lowest BCUT2D eigenvalue weighted by Gasteiger charge is -2.22. The van der Waals surface area contributed by atoms with Crippen LogP contribution in [-0.4, -0.2) is 15.7 Å². The van der Waals surface area contributed by atoms with Gasteiger partial charge < -0.3 is 15.5 Å². The van der Waals surface area contributed by atoms with Gasteiger partial charge in [-0.2, -0.15) is 0 Å². The number of nitrogens with two attached hydrogens (primary N) is 1. The molecule has 0 aliphatic heterocycles. The highest BCUT2D eigenvalue weighted by Crippen LogP contribution is 2.16. The molecule has 12 heavy (non-hydrogen) atoms. The predicted molar refractivity (Wildman–Crippen MR) is 46.7 cm³/mol. The second-order valence-electron chi connectivity index (χ2n) is 3.31. The third-order valence-electron chi connectivity index (χ3n) is 1.77. The average Bonchev–Trinajstić information content (AvgIpc) is 2.35. The van der Waals surface area contributed by atoms with E-state index in [1.54, 1.807) is 0 Å². The highest BCUT2D eigenvalue weighted by molar-refractivity contribution is 5.26. The molecule has 0 aliphatic rings. The van der Waals surface area contributed by atoms with Crippen LogP contribution in [0.3, 0.4) is 0 Å².